The Hall–Kier alpha value is -0.0800. The van der Waals surface area contributed by atoms with E-state index in [4.69, 9.17) is 9.84 Å². The number of aliphatic hydroxyl groups excluding tert-OH is 1. The van der Waals surface area contributed by atoms with Gasteiger partial charge in [0.2, 0.25) is 0 Å². The minimum atomic E-state index is -0.231. The van der Waals surface area contributed by atoms with E-state index in [1.165, 1.54) is 0 Å². The van der Waals surface area contributed by atoms with Crippen LogP contribution in [0.4, 0.5) is 0 Å². The summed E-state index contributed by atoms with van der Waals surface area (Å²) in [6.07, 6.45) is 0.539. The molecule has 0 spiro atoms. The maximum atomic E-state index is 8.94. The van der Waals surface area contributed by atoms with Crippen LogP contribution in [0.15, 0.2) is 0 Å². The first kappa shape index (κ1) is 6.05. The number of ether oxygens (including phenoxy) is 1. The van der Waals surface area contributed by atoms with Crippen LogP contribution in [0, 0.1) is 0 Å². The van der Waals surface area contributed by atoms with Gasteiger partial charge in [-0.1, -0.05) is 0 Å². The predicted molar refractivity (Wildman–Crippen MR) is 30.7 cm³/mol. The first-order chi connectivity index (χ1) is 3.60. The van der Waals surface area contributed by atoms with Crippen LogP contribution in [0.3, 0.4) is 0 Å². The highest BCUT2D eigenvalue weighted by molar-refractivity contribution is 4.79. The Morgan fingerprint density at radius 3 is 2.38 bits per heavy atom. The van der Waals surface area contributed by atoms with E-state index in [0.29, 0.717) is 6.61 Å². The van der Waals surface area contributed by atoms with Crippen LogP contribution >= 0.6 is 0 Å². The molecular weight excluding hydrogens is 104 g/mol. The summed E-state index contributed by atoms with van der Waals surface area (Å²) in [5, 5.41) is 8.94. The zero-order chi connectivity index (χ0) is 6.20. The van der Waals surface area contributed by atoms with E-state index in [2.05, 4.69) is 0 Å². The Morgan fingerprint density at radius 2 is 2.25 bits per heavy atom. The fourth-order valence-corrected chi connectivity index (χ4v) is 1.01. The number of rotatable bonds is 0. The Bertz CT molecular complexity index is 88.5. The lowest BCUT2D eigenvalue weighted by Crippen LogP contribution is -2.17. The van der Waals surface area contributed by atoms with E-state index in [1.54, 1.807) is 0 Å². The topological polar surface area (TPSA) is 29.5 Å². The van der Waals surface area contributed by atoms with Crippen molar-refractivity contribution in [2.75, 3.05) is 6.61 Å². The Kier molecular flexibility index (Phi) is 1.29. The van der Waals surface area contributed by atoms with E-state index >= 15 is 0 Å². The lowest BCUT2D eigenvalue weighted by atomic mass is 10.1. The molecular formula is C6H12O2. The number of hydrogen-bond acceptors (Lipinski definition) is 2. The highest BCUT2D eigenvalue weighted by atomic mass is 16.5. The molecule has 1 rings (SSSR count). The molecule has 1 atom stereocenters. The molecule has 1 N–H and O–H groups in total. The average Bonchev–Trinajstić information content (AvgIpc) is 1.82. The Labute approximate surface area is 49.5 Å². The Balaban J connectivity index is 2.44. The molecule has 1 aliphatic rings. The third-order valence-corrected chi connectivity index (χ3v) is 1.39. The number of hydrogen-bond donors (Lipinski definition) is 1. The van der Waals surface area contributed by atoms with E-state index in [1.807, 2.05) is 13.8 Å². The standard InChI is InChI=1S/C6H12O2/c1-6(2)3-5(7)4-8-6/h5,7H,3-4H2,1-2H3/t5-/m0/s1. The van der Waals surface area contributed by atoms with Crippen LogP contribution in [0.25, 0.3) is 0 Å². The van der Waals surface area contributed by atoms with Crippen molar-refractivity contribution in [3.05, 3.63) is 0 Å². The molecule has 1 heterocycles. The van der Waals surface area contributed by atoms with Gasteiger partial charge in [-0.05, 0) is 13.8 Å². The molecule has 2 heteroatoms. The molecule has 0 aromatic carbocycles. The van der Waals surface area contributed by atoms with E-state index < -0.39 is 0 Å². The minimum Gasteiger partial charge on any atom is -0.391 e. The van der Waals surface area contributed by atoms with E-state index in [9.17, 15) is 0 Å². The maximum absolute atomic E-state index is 8.94. The first-order valence-corrected chi connectivity index (χ1v) is 2.92. The molecule has 0 unspecified atom stereocenters. The van der Waals surface area contributed by atoms with Gasteiger partial charge < -0.3 is 9.84 Å². The van der Waals surface area contributed by atoms with Crippen LogP contribution in [-0.4, -0.2) is 23.4 Å². The van der Waals surface area contributed by atoms with Crippen molar-refractivity contribution in [1.82, 2.24) is 0 Å². The predicted octanol–water partition coefficient (Wildman–Crippen LogP) is 0.546. The summed E-state index contributed by atoms with van der Waals surface area (Å²) in [5.41, 5.74) is -0.0839. The Morgan fingerprint density at radius 1 is 1.62 bits per heavy atom. The number of aliphatic hydroxyl groups is 1. The van der Waals surface area contributed by atoms with Gasteiger partial charge in [-0.15, -0.1) is 0 Å². The second-order valence-electron chi connectivity index (χ2n) is 2.93. The van der Waals surface area contributed by atoms with Crippen molar-refractivity contribution in [2.24, 2.45) is 0 Å². The SMILES string of the molecule is CC1(C)C[C@H](O)CO1. The summed E-state index contributed by atoms with van der Waals surface area (Å²) < 4.78 is 5.20. The molecule has 1 fully saturated rings. The quantitative estimate of drug-likeness (QED) is 0.500. The van der Waals surface area contributed by atoms with Crippen LogP contribution in [0.5, 0.6) is 0 Å². The van der Waals surface area contributed by atoms with Gasteiger partial charge in [-0.2, -0.15) is 0 Å². The lowest BCUT2D eigenvalue weighted by Gasteiger charge is -2.14. The van der Waals surface area contributed by atoms with E-state index in [0.717, 1.165) is 6.42 Å². The second kappa shape index (κ2) is 1.71. The van der Waals surface area contributed by atoms with Crippen LogP contribution in [-0.2, 0) is 4.74 Å². The van der Waals surface area contributed by atoms with Gasteiger partial charge in [-0.3, -0.25) is 0 Å². The monoisotopic (exact) mass is 116 g/mol. The van der Waals surface area contributed by atoms with Gasteiger partial charge in [0.15, 0.2) is 0 Å². The summed E-state index contributed by atoms with van der Waals surface area (Å²) >= 11 is 0. The highest BCUT2D eigenvalue weighted by Gasteiger charge is 2.30. The van der Waals surface area contributed by atoms with Crippen molar-refractivity contribution < 1.29 is 9.84 Å². The van der Waals surface area contributed by atoms with Crippen LogP contribution in [0.2, 0.25) is 0 Å². The molecule has 2 nitrogen and oxygen atoms in total. The van der Waals surface area contributed by atoms with Gasteiger partial charge in [0.05, 0.1) is 18.3 Å². The summed E-state index contributed by atoms with van der Waals surface area (Å²) in [4.78, 5) is 0. The molecule has 0 radical (unpaired) electrons. The summed E-state index contributed by atoms with van der Waals surface area (Å²) in [5.74, 6) is 0. The van der Waals surface area contributed by atoms with Crippen molar-refractivity contribution in [3.8, 4) is 0 Å². The third-order valence-electron chi connectivity index (χ3n) is 1.39. The van der Waals surface area contributed by atoms with Gasteiger partial charge in [0, 0.05) is 6.42 Å². The zero-order valence-electron chi connectivity index (χ0n) is 5.35. The van der Waals surface area contributed by atoms with Crippen molar-refractivity contribution in [3.63, 3.8) is 0 Å². The zero-order valence-corrected chi connectivity index (χ0v) is 5.35. The molecule has 0 saturated carbocycles. The molecule has 0 amide bonds. The normalized spacial score (nSPS) is 35.6. The molecule has 0 bridgehead atoms. The van der Waals surface area contributed by atoms with E-state index in [-0.39, 0.29) is 11.7 Å². The highest BCUT2D eigenvalue weighted by Crippen LogP contribution is 2.23. The second-order valence-corrected chi connectivity index (χ2v) is 2.93. The summed E-state index contributed by atoms with van der Waals surface area (Å²) in [6, 6.07) is 0. The molecule has 0 aromatic heterocycles. The first-order valence-electron chi connectivity index (χ1n) is 2.92. The molecule has 0 aromatic rings. The van der Waals surface area contributed by atoms with Gasteiger partial charge >= 0.3 is 0 Å². The fraction of sp³-hybridized carbons (Fsp3) is 1.00. The minimum absolute atomic E-state index is 0.0839. The van der Waals surface area contributed by atoms with Crippen molar-refractivity contribution in [2.45, 2.75) is 32.0 Å². The summed E-state index contributed by atoms with van der Waals surface area (Å²) in [7, 11) is 0. The maximum Gasteiger partial charge on any atom is 0.0801 e. The van der Waals surface area contributed by atoms with Gasteiger partial charge in [0.25, 0.3) is 0 Å². The van der Waals surface area contributed by atoms with Gasteiger partial charge in [-0.25, -0.2) is 0 Å². The smallest absolute Gasteiger partial charge is 0.0801 e. The lowest BCUT2D eigenvalue weighted by molar-refractivity contribution is 0.0306. The molecule has 8 heavy (non-hydrogen) atoms. The third kappa shape index (κ3) is 1.20. The molecule has 1 aliphatic heterocycles. The van der Waals surface area contributed by atoms with Crippen LogP contribution < -0.4 is 0 Å². The van der Waals surface area contributed by atoms with Crippen molar-refractivity contribution in [1.29, 1.82) is 0 Å². The van der Waals surface area contributed by atoms with Crippen LogP contribution in [0.1, 0.15) is 20.3 Å². The summed E-state index contributed by atoms with van der Waals surface area (Å²) in [6.45, 7) is 4.49. The molecule has 0 aliphatic carbocycles. The average molecular weight is 116 g/mol. The fourth-order valence-electron chi connectivity index (χ4n) is 1.01. The largest absolute Gasteiger partial charge is 0.391 e. The molecule has 1 saturated heterocycles. The van der Waals surface area contributed by atoms with Crippen molar-refractivity contribution >= 4 is 0 Å². The molecule has 48 valence electrons. The van der Waals surface area contributed by atoms with Gasteiger partial charge in [0.1, 0.15) is 0 Å².